The quantitative estimate of drug-likeness (QED) is 0.551. The molecule has 0 unspecified atom stereocenters. The van der Waals surface area contributed by atoms with Crippen molar-refractivity contribution in [1.29, 1.82) is 0 Å². The Morgan fingerprint density at radius 1 is 1.62 bits per heavy atom. The Bertz CT molecular complexity index is 298. The topological polar surface area (TPSA) is 56.1 Å². The number of ether oxygens (including phenoxy) is 1. The molecule has 5 nitrogen and oxygen atoms in total. The Kier molecular flexibility index (Phi) is 5.56. The molecule has 0 amide bonds. The van der Waals surface area contributed by atoms with E-state index in [1.54, 1.807) is 12.5 Å². The van der Waals surface area contributed by atoms with Crippen molar-refractivity contribution in [3.05, 3.63) is 18.7 Å². The number of hydrogen-bond acceptors (Lipinski definition) is 4. The summed E-state index contributed by atoms with van der Waals surface area (Å²) in [6, 6.07) is 0.162. The molecule has 0 spiro atoms. The van der Waals surface area contributed by atoms with Gasteiger partial charge in [-0.3, -0.25) is 4.79 Å². The molecule has 1 rings (SSSR count). The number of nitrogens with zero attached hydrogens (tertiary/aromatic N) is 2. The van der Waals surface area contributed by atoms with Gasteiger partial charge in [-0.25, -0.2) is 4.98 Å². The molecular weight excluding hydrogens is 206 g/mol. The van der Waals surface area contributed by atoms with Gasteiger partial charge in [0.15, 0.2) is 0 Å². The van der Waals surface area contributed by atoms with Gasteiger partial charge in [-0.05, 0) is 19.9 Å². The monoisotopic (exact) mass is 225 g/mol. The molecule has 1 atom stereocenters. The Morgan fingerprint density at radius 2 is 2.44 bits per heavy atom. The lowest BCUT2D eigenvalue weighted by molar-refractivity contribution is -0.141. The first-order valence-electron chi connectivity index (χ1n) is 5.48. The van der Waals surface area contributed by atoms with Crippen molar-refractivity contribution in [3.63, 3.8) is 0 Å². The smallest absolute Gasteiger partial charge is 0.307 e. The molecule has 0 bridgehead atoms. The molecule has 0 aliphatic heterocycles. The normalized spacial score (nSPS) is 12.4. The van der Waals surface area contributed by atoms with Crippen molar-refractivity contribution < 1.29 is 9.53 Å². The molecule has 0 fully saturated rings. The van der Waals surface area contributed by atoms with Crippen LogP contribution < -0.4 is 5.32 Å². The van der Waals surface area contributed by atoms with Crippen molar-refractivity contribution in [1.82, 2.24) is 14.9 Å². The Hall–Kier alpha value is -1.36. The number of rotatable bonds is 7. The number of nitrogens with one attached hydrogen (secondary N) is 1. The SMILES string of the molecule is COC(=O)C[C@H](C)NCCCn1ccnc1. The number of hydrogen-bond donors (Lipinski definition) is 1. The summed E-state index contributed by atoms with van der Waals surface area (Å²) in [4.78, 5) is 14.9. The number of esters is 1. The highest BCUT2D eigenvalue weighted by Crippen LogP contribution is 1.94. The van der Waals surface area contributed by atoms with Gasteiger partial charge in [0.05, 0.1) is 19.9 Å². The minimum atomic E-state index is -0.172. The van der Waals surface area contributed by atoms with Gasteiger partial charge in [0.1, 0.15) is 0 Å². The van der Waals surface area contributed by atoms with Gasteiger partial charge in [0, 0.05) is 25.0 Å². The average molecular weight is 225 g/mol. The van der Waals surface area contributed by atoms with Crippen LogP contribution in [0.3, 0.4) is 0 Å². The zero-order chi connectivity index (χ0) is 11.8. The Morgan fingerprint density at radius 3 is 3.06 bits per heavy atom. The summed E-state index contributed by atoms with van der Waals surface area (Å²) in [6.07, 6.45) is 6.95. The highest BCUT2D eigenvalue weighted by Gasteiger charge is 2.07. The number of aryl methyl sites for hydroxylation is 1. The minimum absolute atomic E-state index is 0.162. The van der Waals surface area contributed by atoms with E-state index in [-0.39, 0.29) is 12.0 Å². The van der Waals surface area contributed by atoms with Crippen LogP contribution in [0.1, 0.15) is 19.8 Å². The highest BCUT2D eigenvalue weighted by molar-refractivity contribution is 5.69. The third kappa shape index (κ3) is 4.93. The lowest BCUT2D eigenvalue weighted by atomic mass is 10.2. The number of methoxy groups -OCH3 is 1. The largest absolute Gasteiger partial charge is 0.469 e. The predicted molar refractivity (Wildman–Crippen MR) is 60.9 cm³/mol. The average Bonchev–Trinajstić information content (AvgIpc) is 2.77. The van der Waals surface area contributed by atoms with Gasteiger partial charge in [-0.2, -0.15) is 0 Å². The Balaban J connectivity index is 2.04. The lowest BCUT2D eigenvalue weighted by Gasteiger charge is -2.12. The molecule has 0 radical (unpaired) electrons. The molecule has 0 aliphatic rings. The fraction of sp³-hybridized carbons (Fsp3) is 0.636. The van der Waals surface area contributed by atoms with Crippen LogP contribution in [0.15, 0.2) is 18.7 Å². The molecule has 16 heavy (non-hydrogen) atoms. The van der Waals surface area contributed by atoms with Crippen LogP contribution in [-0.4, -0.2) is 35.2 Å². The van der Waals surface area contributed by atoms with Crippen molar-refractivity contribution in [2.24, 2.45) is 0 Å². The molecule has 0 saturated carbocycles. The summed E-state index contributed by atoms with van der Waals surface area (Å²) in [6.45, 7) is 3.81. The lowest BCUT2D eigenvalue weighted by Crippen LogP contribution is -2.30. The number of carbonyl (C=O) groups is 1. The maximum Gasteiger partial charge on any atom is 0.307 e. The van der Waals surface area contributed by atoms with E-state index in [4.69, 9.17) is 0 Å². The van der Waals surface area contributed by atoms with E-state index in [1.807, 2.05) is 17.7 Å². The fourth-order valence-corrected chi connectivity index (χ4v) is 1.43. The van der Waals surface area contributed by atoms with E-state index in [1.165, 1.54) is 7.11 Å². The predicted octanol–water partition coefficient (Wildman–Crippen LogP) is 0.814. The zero-order valence-electron chi connectivity index (χ0n) is 9.85. The van der Waals surface area contributed by atoms with E-state index >= 15 is 0 Å². The molecule has 1 heterocycles. The maximum atomic E-state index is 11.0. The number of carbonyl (C=O) groups excluding carboxylic acids is 1. The molecule has 0 aliphatic carbocycles. The van der Waals surface area contributed by atoms with Crippen molar-refractivity contribution in [2.45, 2.75) is 32.4 Å². The van der Waals surface area contributed by atoms with Gasteiger partial charge in [0.2, 0.25) is 0 Å². The summed E-state index contributed by atoms with van der Waals surface area (Å²) >= 11 is 0. The van der Waals surface area contributed by atoms with Gasteiger partial charge in [-0.15, -0.1) is 0 Å². The number of imidazole rings is 1. The summed E-state index contributed by atoms with van der Waals surface area (Å²) in [5.74, 6) is -0.172. The van der Waals surface area contributed by atoms with Crippen LogP contribution in [0.25, 0.3) is 0 Å². The van der Waals surface area contributed by atoms with Crippen LogP contribution in [0, 0.1) is 0 Å². The summed E-state index contributed by atoms with van der Waals surface area (Å²) < 4.78 is 6.63. The second kappa shape index (κ2) is 7.00. The second-order valence-corrected chi connectivity index (χ2v) is 3.79. The van der Waals surface area contributed by atoms with Crippen molar-refractivity contribution >= 4 is 5.97 Å². The van der Waals surface area contributed by atoms with Gasteiger partial charge in [-0.1, -0.05) is 0 Å². The van der Waals surface area contributed by atoms with E-state index in [2.05, 4.69) is 15.0 Å². The van der Waals surface area contributed by atoms with Gasteiger partial charge < -0.3 is 14.6 Å². The van der Waals surface area contributed by atoms with E-state index < -0.39 is 0 Å². The first-order chi connectivity index (χ1) is 7.72. The maximum absolute atomic E-state index is 11.0. The molecule has 0 saturated heterocycles. The molecule has 90 valence electrons. The molecule has 5 heteroatoms. The van der Waals surface area contributed by atoms with E-state index in [9.17, 15) is 4.79 Å². The van der Waals surface area contributed by atoms with Crippen LogP contribution in [-0.2, 0) is 16.1 Å². The second-order valence-electron chi connectivity index (χ2n) is 3.79. The third-order valence-electron chi connectivity index (χ3n) is 2.35. The summed E-state index contributed by atoms with van der Waals surface area (Å²) in [5, 5.41) is 3.28. The first-order valence-corrected chi connectivity index (χ1v) is 5.48. The molecular formula is C11H19N3O2. The zero-order valence-corrected chi connectivity index (χ0v) is 9.85. The summed E-state index contributed by atoms with van der Waals surface area (Å²) in [7, 11) is 1.41. The Labute approximate surface area is 95.8 Å². The molecule has 1 N–H and O–H groups in total. The third-order valence-corrected chi connectivity index (χ3v) is 2.35. The van der Waals surface area contributed by atoms with Crippen molar-refractivity contribution in [2.75, 3.05) is 13.7 Å². The standard InChI is InChI=1S/C11H19N3O2/c1-10(8-11(15)16-2)13-4-3-6-14-7-5-12-9-14/h5,7,9-10,13H,3-4,6,8H2,1-2H3/t10-/m0/s1. The minimum Gasteiger partial charge on any atom is -0.469 e. The van der Waals surface area contributed by atoms with Crippen LogP contribution in [0.5, 0.6) is 0 Å². The molecule has 0 aromatic carbocycles. The van der Waals surface area contributed by atoms with Crippen LogP contribution in [0.2, 0.25) is 0 Å². The van der Waals surface area contributed by atoms with Gasteiger partial charge >= 0.3 is 5.97 Å². The van der Waals surface area contributed by atoms with Crippen molar-refractivity contribution in [3.8, 4) is 0 Å². The molecule has 1 aromatic rings. The van der Waals surface area contributed by atoms with E-state index in [0.717, 1.165) is 19.5 Å². The van der Waals surface area contributed by atoms with Crippen LogP contribution in [0.4, 0.5) is 0 Å². The van der Waals surface area contributed by atoms with Gasteiger partial charge in [0.25, 0.3) is 0 Å². The number of aromatic nitrogens is 2. The highest BCUT2D eigenvalue weighted by atomic mass is 16.5. The van der Waals surface area contributed by atoms with E-state index in [0.29, 0.717) is 6.42 Å². The summed E-state index contributed by atoms with van der Waals surface area (Å²) in [5.41, 5.74) is 0. The van der Waals surface area contributed by atoms with Crippen LogP contribution >= 0.6 is 0 Å². The molecule has 1 aromatic heterocycles. The first kappa shape index (κ1) is 12.7. The fourth-order valence-electron chi connectivity index (χ4n) is 1.43.